The van der Waals surface area contributed by atoms with E-state index in [0.29, 0.717) is 12.8 Å². The van der Waals surface area contributed by atoms with Crippen LogP contribution in [0.5, 0.6) is 0 Å². The number of fused-ring (bicyclic) bond motifs is 3. The average Bonchev–Trinajstić information content (AvgIpc) is 2.71. The lowest BCUT2D eigenvalue weighted by Crippen LogP contribution is -2.40. The average molecular weight is 300 g/mol. The zero-order chi connectivity index (χ0) is 14.6. The monoisotopic (exact) mass is 300 g/mol. The van der Waals surface area contributed by atoms with Crippen molar-refractivity contribution in [2.24, 2.45) is 0 Å². The van der Waals surface area contributed by atoms with Crippen molar-refractivity contribution in [3.63, 3.8) is 0 Å². The number of hydrogen-bond donors (Lipinski definition) is 1. The molecular weight excluding hydrogens is 280 g/mol. The minimum Gasteiger partial charge on any atom is -0.385 e. The van der Waals surface area contributed by atoms with Crippen LogP contribution in [0, 0.1) is 6.92 Å². The predicted octanol–water partition coefficient (Wildman–Crippen LogP) is 3.41. The molecule has 0 radical (unpaired) electrons. The second kappa shape index (κ2) is 4.65. The third-order valence-corrected chi connectivity index (χ3v) is 7.36. The summed E-state index contributed by atoms with van der Waals surface area (Å²) in [6.07, 6.45) is 3.29. The van der Waals surface area contributed by atoms with Gasteiger partial charge in [-0.15, -0.1) is 0 Å². The Hall–Kier alpha value is -1.19. The first kappa shape index (κ1) is 13.5. The molecule has 2 heterocycles. The Labute approximate surface area is 127 Å². The van der Waals surface area contributed by atoms with E-state index in [-0.39, 0.29) is 10.5 Å². The van der Waals surface area contributed by atoms with Gasteiger partial charge in [-0.25, -0.2) is 0 Å². The molecule has 2 nitrogen and oxygen atoms in total. The smallest absolute Gasteiger partial charge is 0.0925 e. The van der Waals surface area contributed by atoms with Crippen LogP contribution in [0.15, 0.2) is 36.4 Å². The molecule has 0 aromatic heterocycles. The van der Waals surface area contributed by atoms with Gasteiger partial charge in [-0.1, -0.05) is 36.4 Å². The van der Waals surface area contributed by atoms with Gasteiger partial charge in [0, 0.05) is 21.3 Å². The van der Waals surface area contributed by atoms with E-state index in [1.165, 1.54) is 10.9 Å². The molecule has 3 heteroatoms. The lowest BCUT2D eigenvalue weighted by molar-refractivity contribution is 0.0199. The van der Waals surface area contributed by atoms with Crippen LogP contribution in [0.4, 0.5) is 0 Å². The van der Waals surface area contributed by atoms with Crippen LogP contribution in [0.1, 0.15) is 36.8 Å². The molecule has 1 N–H and O–H groups in total. The molecule has 2 aliphatic rings. The van der Waals surface area contributed by atoms with E-state index >= 15 is 0 Å². The van der Waals surface area contributed by atoms with Crippen molar-refractivity contribution in [1.29, 1.82) is 0 Å². The summed E-state index contributed by atoms with van der Waals surface area (Å²) in [6, 6.07) is 12.5. The maximum absolute atomic E-state index is 12.2. The van der Waals surface area contributed by atoms with Crippen molar-refractivity contribution >= 4 is 21.6 Å². The molecule has 2 fully saturated rings. The summed E-state index contributed by atoms with van der Waals surface area (Å²) in [6.45, 7) is 2.11. The molecule has 2 saturated heterocycles. The van der Waals surface area contributed by atoms with Gasteiger partial charge in [-0.05, 0) is 54.5 Å². The highest BCUT2D eigenvalue weighted by molar-refractivity contribution is 7.86. The van der Waals surface area contributed by atoms with Crippen molar-refractivity contribution < 1.29 is 9.32 Å². The molecule has 2 aromatic rings. The Morgan fingerprint density at radius 2 is 1.67 bits per heavy atom. The van der Waals surface area contributed by atoms with Crippen molar-refractivity contribution in [2.45, 2.75) is 48.7 Å². The number of aryl methyl sites for hydroxylation is 1. The molecule has 110 valence electrons. The lowest BCUT2D eigenvalue weighted by Gasteiger charge is -2.37. The Bertz CT molecular complexity index is 721. The number of rotatable bonds is 1. The number of aliphatic hydroxyl groups is 1. The van der Waals surface area contributed by atoms with E-state index < -0.39 is 16.4 Å². The van der Waals surface area contributed by atoms with Gasteiger partial charge in [0.2, 0.25) is 0 Å². The Morgan fingerprint density at radius 1 is 1.05 bits per heavy atom. The van der Waals surface area contributed by atoms with Gasteiger partial charge in [0.05, 0.1) is 5.60 Å². The van der Waals surface area contributed by atoms with E-state index in [2.05, 4.69) is 31.2 Å². The van der Waals surface area contributed by atoms with Gasteiger partial charge >= 0.3 is 0 Å². The van der Waals surface area contributed by atoms with Crippen LogP contribution in [-0.4, -0.2) is 19.8 Å². The lowest BCUT2D eigenvalue weighted by atomic mass is 9.82. The molecule has 0 spiro atoms. The van der Waals surface area contributed by atoms with Gasteiger partial charge in [0.25, 0.3) is 0 Å². The van der Waals surface area contributed by atoms with Crippen LogP contribution >= 0.6 is 0 Å². The first-order chi connectivity index (χ1) is 10.1. The van der Waals surface area contributed by atoms with Crippen LogP contribution in [0.2, 0.25) is 0 Å². The molecular formula is C18H20O2S. The zero-order valence-corrected chi connectivity index (χ0v) is 13.0. The first-order valence-electron chi connectivity index (χ1n) is 7.69. The maximum Gasteiger partial charge on any atom is 0.0925 e. The molecule has 2 bridgehead atoms. The fourth-order valence-electron chi connectivity index (χ4n) is 4.16. The minimum atomic E-state index is -0.812. The number of hydrogen-bond acceptors (Lipinski definition) is 2. The molecule has 2 unspecified atom stereocenters. The summed E-state index contributed by atoms with van der Waals surface area (Å²) in [5.74, 6) is 0. The SMILES string of the molecule is Cc1ccc(C2(O)CC3CCC(C2)S3=O)c2ccccc12. The van der Waals surface area contributed by atoms with Gasteiger partial charge in [0.1, 0.15) is 0 Å². The molecule has 2 aliphatic heterocycles. The minimum absolute atomic E-state index is 0.175. The second-order valence-electron chi connectivity index (χ2n) is 6.57. The topological polar surface area (TPSA) is 37.3 Å². The summed E-state index contributed by atoms with van der Waals surface area (Å²) >= 11 is 0. The highest BCUT2D eigenvalue weighted by Crippen LogP contribution is 2.47. The largest absolute Gasteiger partial charge is 0.385 e. The maximum atomic E-state index is 12.2. The van der Waals surface area contributed by atoms with E-state index in [0.717, 1.165) is 23.8 Å². The van der Waals surface area contributed by atoms with Crippen LogP contribution in [-0.2, 0) is 16.4 Å². The van der Waals surface area contributed by atoms with Crippen LogP contribution in [0.25, 0.3) is 10.8 Å². The molecule has 2 aromatic carbocycles. The normalized spacial score (nSPS) is 35.2. The van der Waals surface area contributed by atoms with E-state index in [1.54, 1.807) is 0 Å². The van der Waals surface area contributed by atoms with Crippen molar-refractivity contribution in [3.05, 3.63) is 47.5 Å². The molecule has 0 aliphatic carbocycles. The third-order valence-electron chi connectivity index (χ3n) is 5.24. The Morgan fingerprint density at radius 3 is 2.33 bits per heavy atom. The summed E-state index contributed by atoms with van der Waals surface area (Å²) in [7, 11) is -0.737. The highest BCUT2D eigenvalue weighted by atomic mass is 32.2. The Kier molecular flexibility index (Phi) is 2.98. The summed E-state index contributed by atoms with van der Waals surface area (Å²) in [5, 5.41) is 14.0. The molecule has 4 rings (SSSR count). The van der Waals surface area contributed by atoms with Gasteiger partial charge < -0.3 is 5.11 Å². The number of benzene rings is 2. The summed E-state index contributed by atoms with van der Waals surface area (Å²) < 4.78 is 12.2. The molecule has 0 saturated carbocycles. The van der Waals surface area contributed by atoms with Crippen LogP contribution < -0.4 is 0 Å². The molecule has 2 atom stereocenters. The zero-order valence-electron chi connectivity index (χ0n) is 12.2. The van der Waals surface area contributed by atoms with Gasteiger partial charge in [-0.3, -0.25) is 4.21 Å². The summed E-state index contributed by atoms with van der Waals surface area (Å²) in [5.41, 5.74) is 1.45. The van der Waals surface area contributed by atoms with E-state index in [4.69, 9.17) is 0 Å². The van der Waals surface area contributed by atoms with Crippen molar-refractivity contribution in [1.82, 2.24) is 0 Å². The predicted molar refractivity (Wildman–Crippen MR) is 86.8 cm³/mol. The van der Waals surface area contributed by atoms with E-state index in [1.807, 2.05) is 12.1 Å². The fourth-order valence-corrected chi connectivity index (χ4v) is 6.32. The Balaban J connectivity index is 1.87. The van der Waals surface area contributed by atoms with Crippen LogP contribution in [0.3, 0.4) is 0 Å². The van der Waals surface area contributed by atoms with Crippen molar-refractivity contribution in [3.8, 4) is 0 Å². The fraction of sp³-hybridized carbons (Fsp3) is 0.444. The quantitative estimate of drug-likeness (QED) is 0.876. The van der Waals surface area contributed by atoms with Gasteiger partial charge in [0.15, 0.2) is 0 Å². The standard InChI is InChI=1S/C18H20O2S/c1-12-6-9-17(16-5-3-2-4-15(12)16)18(19)10-13-7-8-14(11-18)21(13)20/h2-6,9,13-14,19H,7-8,10-11H2,1H3. The second-order valence-corrected chi connectivity index (χ2v) is 8.56. The highest BCUT2D eigenvalue weighted by Gasteiger charge is 2.48. The van der Waals surface area contributed by atoms with E-state index in [9.17, 15) is 9.32 Å². The molecule has 0 amide bonds. The van der Waals surface area contributed by atoms with Gasteiger partial charge in [-0.2, -0.15) is 0 Å². The summed E-state index contributed by atoms with van der Waals surface area (Å²) in [4.78, 5) is 0. The first-order valence-corrected chi connectivity index (χ1v) is 8.97. The van der Waals surface area contributed by atoms with Crippen molar-refractivity contribution in [2.75, 3.05) is 0 Å². The molecule has 21 heavy (non-hydrogen) atoms. The third kappa shape index (κ3) is 1.98.